The van der Waals surface area contributed by atoms with Gasteiger partial charge in [-0.1, -0.05) is 25.2 Å². The van der Waals surface area contributed by atoms with Gasteiger partial charge in [-0.05, 0) is 30.7 Å². The van der Waals surface area contributed by atoms with Crippen molar-refractivity contribution in [3.8, 4) is 0 Å². The molecule has 1 fully saturated rings. The number of benzene rings is 1. The lowest BCUT2D eigenvalue weighted by Gasteiger charge is -2.26. The normalized spacial score (nSPS) is 16.3. The number of nitrogens with two attached hydrogens (primary N) is 1. The van der Waals surface area contributed by atoms with Gasteiger partial charge in [0.2, 0.25) is 0 Å². The van der Waals surface area contributed by atoms with Gasteiger partial charge in [-0.25, -0.2) is 0 Å². The third-order valence-corrected chi connectivity index (χ3v) is 4.30. The molecular weight excluding hydrogens is 276 g/mol. The fourth-order valence-electron chi connectivity index (χ4n) is 2.24. The molecule has 1 heterocycles. The number of hydrogen-bond acceptors (Lipinski definition) is 4. The van der Waals surface area contributed by atoms with Crippen molar-refractivity contribution >= 4 is 34.7 Å². The molecule has 104 valence electrons. The van der Waals surface area contributed by atoms with E-state index in [4.69, 9.17) is 22.7 Å². The quantitative estimate of drug-likeness (QED) is 0.646. The summed E-state index contributed by atoms with van der Waals surface area (Å²) in [6.07, 6.45) is 2.06. The second-order valence-electron chi connectivity index (χ2n) is 4.51. The monoisotopic (exact) mass is 296 g/mol. The molecule has 1 aliphatic rings. The number of thioether (sulfide) groups is 1. The van der Waals surface area contributed by atoms with Gasteiger partial charge in [-0.15, -0.1) is 11.8 Å². The van der Waals surface area contributed by atoms with Crippen LogP contribution in [0, 0.1) is 0 Å². The van der Waals surface area contributed by atoms with E-state index in [0.717, 1.165) is 48.0 Å². The smallest absolute Gasteiger partial charge is 0.107 e. The van der Waals surface area contributed by atoms with E-state index < -0.39 is 0 Å². The van der Waals surface area contributed by atoms with Gasteiger partial charge in [-0.2, -0.15) is 0 Å². The van der Waals surface area contributed by atoms with E-state index in [1.807, 2.05) is 0 Å². The summed E-state index contributed by atoms with van der Waals surface area (Å²) >= 11 is 6.99. The topological polar surface area (TPSA) is 47.3 Å². The maximum atomic E-state index is 5.90. The summed E-state index contributed by atoms with van der Waals surface area (Å²) in [6.45, 7) is 3.78. The summed E-state index contributed by atoms with van der Waals surface area (Å²) in [6, 6.07) is 6.65. The Morgan fingerprint density at radius 1 is 1.47 bits per heavy atom. The average molecular weight is 296 g/mol. The molecule has 0 amide bonds. The van der Waals surface area contributed by atoms with Gasteiger partial charge in [0.25, 0.3) is 0 Å². The van der Waals surface area contributed by atoms with Crippen molar-refractivity contribution in [3.05, 3.63) is 23.8 Å². The van der Waals surface area contributed by atoms with E-state index in [1.54, 1.807) is 11.8 Å². The zero-order valence-corrected chi connectivity index (χ0v) is 12.8. The Morgan fingerprint density at radius 3 is 2.84 bits per heavy atom. The fourth-order valence-corrected chi connectivity index (χ4v) is 3.38. The molecule has 1 saturated heterocycles. The first kappa shape index (κ1) is 14.6. The zero-order chi connectivity index (χ0) is 13.7. The average Bonchev–Trinajstić information content (AvgIpc) is 2.40. The van der Waals surface area contributed by atoms with Crippen LogP contribution in [0.3, 0.4) is 0 Å². The Kier molecular flexibility index (Phi) is 5.48. The Hall–Kier alpha value is -0.780. The summed E-state index contributed by atoms with van der Waals surface area (Å²) in [5, 5.41) is 3.57. The van der Waals surface area contributed by atoms with E-state index in [0.29, 0.717) is 11.0 Å². The van der Waals surface area contributed by atoms with Gasteiger partial charge < -0.3 is 15.8 Å². The fraction of sp³-hybridized carbons (Fsp3) is 0.500. The van der Waals surface area contributed by atoms with Crippen LogP contribution in [0.4, 0.5) is 5.69 Å². The van der Waals surface area contributed by atoms with Crippen LogP contribution in [0.25, 0.3) is 0 Å². The van der Waals surface area contributed by atoms with Crippen LogP contribution in [0.1, 0.15) is 25.3 Å². The number of anilines is 1. The van der Waals surface area contributed by atoms with Crippen molar-refractivity contribution in [1.29, 1.82) is 0 Å². The highest BCUT2D eigenvalue weighted by molar-refractivity contribution is 7.99. The Balaban J connectivity index is 2.22. The van der Waals surface area contributed by atoms with Crippen molar-refractivity contribution in [3.63, 3.8) is 0 Å². The minimum Gasteiger partial charge on any atom is -0.389 e. The molecule has 0 aliphatic carbocycles. The summed E-state index contributed by atoms with van der Waals surface area (Å²) in [7, 11) is 0. The van der Waals surface area contributed by atoms with Gasteiger partial charge in [0.05, 0.1) is 0 Å². The minimum atomic E-state index is 0.448. The Bertz CT molecular complexity index is 445. The van der Waals surface area contributed by atoms with Crippen molar-refractivity contribution in [2.24, 2.45) is 5.73 Å². The predicted octanol–water partition coefficient (Wildman–Crippen LogP) is 3.02. The number of ether oxygens (including phenoxy) is 1. The maximum absolute atomic E-state index is 5.90. The van der Waals surface area contributed by atoms with E-state index in [-0.39, 0.29) is 0 Å². The van der Waals surface area contributed by atoms with Crippen LogP contribution in [0.2, 0.25) is 0 Å². The first-order chi connectivity index (χ1) is 9.22. The van der Waals surface area contributed by atoms with Crippen LogP contribution < -0.4 is 11.1 Å². The minimum absolute atomic E-state index is 0.448. The van der Waals surface area contributed by atoms with Crippen LogP contribution in [0.5, 0.6) is 0 Å². The first-order valence-corrected chi connectivity index (χ1v) is 8.01. The molecule has 0 radical (unpaired) electrons. The van der Waals surface area contributed by atoms with Gasteiger partial charge in [0, 0.05) is 35.4 Å². The molecule has 0 bridgehead atoms. The van der Waals surface area contributed by atoms with E-state index in [1.165, 1.54) is 0 Å². The third-order valence-electron chi connectivity index (χ3n) is 3.15. The Labute approximate surface area is 124 Å². The molecule has 1 aromatic rings. The lowest BCUT2D eigenvalue weighted by atomic mass is 10.1. The highest BCUT2D eigenvalue weighted by atomic mass is 32.2. The second kappa shape index (κ2) is 7.12. The van der Waals surface area contributed by atoms with Crippen molar-refractivity contribution < 1.29 is 4.74 Å². The maximum Gasteiger partial charge on any atom is 0.107 e. The van der Waals surface area contributed by atoms with Crippen molar-refractivity contribution in [2.45, 2.75) is 30.7 Å². The summed E-state index contributed by atoms with van der Waals surface area (Å²) in [5.74, 6) is 1.01. The number of nitrogens with one attached hydrogen (secondary N) is 1. The molecule has 0 unspecified atom stereocenters. The molecule has 1 aromatic carbocycles. The lowest BCUT2D eigenvalue weighted by Crippen LogP contribution is -2.29. The zero-order valence-electron chi connectivity index (χ0n) is 11.1. The summed E-state index contributed by atoms with van der Waals surface area (Å²) in [4.78, 5) is 1.62. The molecule has 0 atom stereocenters. The second-order valence-corrected chi connectivity index (χ2v) is 6.25. The lowest BCUT2D eigenvalue weighted by molar-refractivity contribution is 0.0904. The van der Waals surface area contributed by atoms with Crippen LogP contribution >= 0.6 is 24.0 Å². The highest BCUT2D eigenvalue weighted by Crippen LogP contribution is 2.29. The molecule has 5 heteroatoms. The molecule has 3 nitrogen and oxygen atoms in total. The molecule has 1 aliphatic heterocycles. The molecule has 19 heavy (non-hydrogen) atoms. The SMILES string of the molecule is CCSc1cccc(NC2CCOCC2)c1C(N)=S. The Morgan fingerprint density at radius 2 is 2.21 bits per heavy atom. The standard InChI is InChI=1S/C14H20N2OS2/c1-2-19-12-5-3-4-11(13(12)14(15)18)16-10-6-8-17-9-7-10/h3-5,10,16H,2,6-9H2,1H3,(H2,15,18). The molecule has 0 spiro atoms. The van der Waals surface area contributed by atoms with Crippen LogP contribution in [0.15, 0.2) is 23.1 Å². The van der Waals surface area contributed by atoms with Gasteiger partial charge in [0.1, 0.15) is 4.99 Å². The summed E-state index contributed by atoms with van der Waals surface area (Å²) < 4.78 is 5.38. The summed E-state index contributed by atoms with van der Waals surface area (Å²) in [5.41, 5.74) is 7.94. The molecule has 3 N–H and O–H groups in total. The molecular formula is C14H20N2OS2. The van der Waals surface area contributed by atoms with Gasteiger partial charge in [-0.3, -0.25) is 0 Å². The molecule has 0 aromatic heterocycles. The third kappa shape index (κ3) is 3.84. The number of hydrogen-bond donors (Lipinski definition) is 2. The number of thiocarbonyl (C=S) groups is 1. The first-order valence-electron chi connectivity index (χ1n) is 6.62. The van der Waals surface area contributed by atoms with Gasteiger partial charge in [0.15, 0.2) is 0 Å². The van der Waals surface area contributed by atoms with Crippen LogP contribution in [-0.2, 0) is 4.74 Å². The van der Waals surface area contributed by atoms with E-state index in [9.17, 15) is 0 Å². The number of rotatable bonds is 5. The highest BCUT2D eigenvalue weighted by Gasteiger charge is 2.17. The largest absolute Gasteiger partial charge is 0.389 e. The predicted molar refractivity (Wildman–Crippen MR) is 86.2 cm³/mol. The molecule has 2 rings (SSSR count). The van der Waals surface area contributed by atoms with Gasteiger partial charge >= 0.3 is 0 Å². The van der Waals surface area contributed by atoms with E-state index in [2.05, 4.69) is 30.4 Å². The van der Waals surface area contributed by atoms with Crippen molar-refractivity contribution in [2.75, 3.05) is 24.3 Å². The van der Waals surface area contributed by atoms with E-state index >= 15 is 0 Å². The molecule has 0 saturated carbocycles. The van der Waals surface area contributed by atoms with Crippen molar-refractivity contribution in [1.82, 2.24) is 0 Å². The van der Waals surface area contributed by atoms with Crippen LogP contribution in [-0.4, -0.2) is 30.0 Å².